The van der Waals surface area contributed by atoms with Crippen LogP contribution in [-0.2, 0) is 18.0 Å². The molecule has 34 heavy (non-hydrogen) atoms. The van der Waals surface area contributed by atoms with E-state index in [-0.39, 0.29) is 8.42 Å². The second-order valence-electron chi connectivity index (χ2n) is 7.79. The number of benzene rings is 3. The van der Waals surface area contributed by atoms with Crippen LogP contribution in [0.5, 0.6) is 0 Å². The van der Waals surface area contributed by atoms with Crippen molar-refractivity contribution in [2.75, 3.05) is 16.2 Å². The molecule has 0 aliphatic carbocycles. The molecule has 0 atom stereocenters. The van der Waals surface area contributed by atoms with Crippen molar-refractivity contribution < 1.29 is 16.8 Å². The molecule has 0 saturated heterocycles. The molecule has 0 bridgehead atoms. The predicted octanol–water partition coefficient (Wildman–Crippen LogP) is 5.61. The second kappa shape index (κ2) is 9.70. The summed E-state index contributed by atoms with van der Waals surface area (Å²) < 4.78 is 20.2. The maximum Gasteiger partial charge on any atom is 0.258 e. The molecular formula is C26H26FN5O2. The van der Waals surface area contributed by atoms with Gasteiger partial charge in [-0.2, -0.15) is 0 Å². The molecule has 2 heterocycles. The summed E-state index contributed by atoms with van der Waals surface area (Å²) in [5.74, 6) is -0.509. The lowest BCUT2D eigenvalue weighted by Crippen LogP contribution is -2.19. The number of pyridine rings is 1. The number of hydrazine groups is 2. The summed E-state index contributed by atoms with van der Waals surface area (Å²) in [6, 6.07) is 25.3. The lowest BCUT2D eigenvalue weighted by molar-refractivity contribution is 0.102. The highest BCUT2D eigenvalue weighted by Crippen LogP contribution is 2.28. The average molecular weight is 460 g/mol. The van der Waals surface area contributed by atoms with Gasteiger partial charge in [0.25, 0.3) is 5.91 Å². The molecule has 174 valence electrons. The fourth-order valence-electron chi connectivity index (χ4n) is 3.58. The minimum atomic E-state index is -0.602. The summed E-state index contributed by atoms with van der Waals surface area (Å²) in [6.07, 6.45) is 0. The summed E-state index contributed by atoms with van der Waals surface area (Å²) in [4.78, 5) is 17.3. The van der Waals surface area contributed by atoms with Crippen molar-refractivity contribution in [3.05, 3.63) is 107 Å². The van der Waals surface area contributed by atoms with E-state index in [2.05, 4.69) is 26.7 Å². The van der Waals surface area contributed by atoms with Gasteiger partial charge in [0, 0.05) is 14.1 Å². The number of nitrogens with zero attached hydrogens (tertiary/aromatic N) is 1. The smallest absolute Gasteiger partial charge is 0.258 e. The van der Waals surface area contributed by atoms with Gasteiger partial charge in [-0.1, -0.05) is 42.5 Å². The number of amides is 1. The van der Waals surface area contributed by atoms with Gasteiger partial charge in [0.2, 0.25) is 0 Å². The molecule has 7 nitrogen and oxygen atoms in total. The SMILES string of the molecule is O=C(Nc1ccc(COCc2ccccc2)cc1)c1cc(-c2ccc3c(n2)NNN3)ccc1F.[HH].[HH]. The number of fused-ring (bicyclic) bond motifs is 1. The molecule has 3 aromatic carbocycles. The Morgan fingerprint density at radius 1 is 0.912 bits per heavy atom. The minimum absolute atomic E-state index is 0. The van der Waals surface area contributed by atoms with Gasteiger partial charge in [0.05, 0.1) is 30.2 Å². The second-order valence-corrected chi connectivity index (χ2v) is 7.79. The third-order valence-electron chi connectivity index (χ3n) is 5.37. The maximum absolute atomic E-state index is 14.5. The number of carbonyl (C=O) groups is 1. The number of hydrogen-bond donors (Lipinski definition) is 4. The van der Waals surface area contributed by atoms with Crippen molar-refractivity contribution in [3.8, 4) is 11.3 Å². The monoisotopic (exact) mass is 459 g/mol. The van der Waals surface area contributed by atoms with Gasteiger partial charge in [-0.3, -0.25) is 10.2 Å². The highest BCUT2D eigenvalue weighted by molar-refractivity contribution is 6.05. The molecule has 0 unspecified atom stereocenters. The zero-order valence-electron chi connectivity index (χ0n) is 18.1. The highest BCUT2D eigenvalue weighted by Gasteiger charge is 2.16. The fourth-order valence-corrected chi connectivity index (χ4v) is 3.58. The first-order valence-electron chi connectivity index (χ1n) is 10.8. The molecule has 0 radical (unpaired) electrons. The van der Waals surface area contributed by atoms with Gasteiger partial charge in [0.1, 0.15) is 5.82 Å². The number of rotatable bonds is 7. The van der Waals surface area contributed by atoms with Crippen LogP contribution in [0.2, 0.25) is 0 Å². The zero-order chi connectivity index (χ0) is 23.3. The molecule has 1 aliphatic rings. The first kappa shape index (κ1) is 21.6. The van der Waals surface area contributed by atoms with E-state index in [0.717, 1.165) is 16.8 Å². The van der Waals surface area contributed by atoms with Crippen molar-refractivity contribution >= 4 is 23.1 Å². The van der Waals surface area contributed by atoms with Crippen LogP contribution in [0.4, 0.5) is 21.6 Å². The Morgan fingerprint density at radius 3 is 2.47 bits per heavy atom. The van der Waals surface area contributed by atoms with Crippen LogP contribution in [-0.4, -0.2) is 10.9 Å². The number of ether oxygens (including phenoxy) is 1. The third kappa shape index (κ3) is 4.88. The Balaban J connectivity index is 0.00000180. The normalized spacial score (nSPS) is 11.9. The molecule has 1 aromatic heterocycles. The van der Waals surface area contributed by atoms with Crippen molar-refractivity contribution in [2.24, 2.45) is 0 Å². The largest absolute Gasteiger partial charge is 0.372 e. The van der Waals surface area contributed by atoms with Gasteiger partial charge in [-0.05, 0) is 53.6 Å². The number of hydrogen-bond acceptors (Lipinski definition) is 6. The summed E-state index contributed by atoms with van der Waals surface area (Å²) >= 11 is 0. The molecule has 0 spiro atoms. The fraction of sp³-hybridized carbons (Fsp3) is 0.0769. The molecular weight excluding hydrogens is 433 g/mol. The summed E-state index contributed by atoms with van der Waals surface area (Å²) in [5.41, 5.74) is 13.2. The third-order valence-corrected chi connectivity index (χ3v) is 5.37. The van der Waals surface area contributed by atoms with Gasteiger partial charge < -0.3 is 15.5 Å². The highest BCUT2D eigenvalue weighted by atomic mass is 19.1. The van der Waals surface area contributed by atoms with E-state index in [9.17, 15) is 9.18 Å². The Bertz CT molecular complexity index is 1320. The van der Waals surface area contributed by atoms with Gasteiger partial charge in [0.15, 0.2) is 5.82 Å². The standard InChI is InChI=1S/C26H22FN5O2.2H2/c27-22-11-8-19(23-12-13-24-25(29-23)31-32-30-24)14-21(22)26(33)28-20-9-6-18(7-10-20)16-34-15-17-4-2-1-3-5-17;;/h1-14,30,32H,15-16H2,(H,28,33)(H,29,31);2*1H. The first-order valence-corrected chi connectivity index (χ1v) is 10.8. The van der Waals surface area contributed by atoms with E-state index in [4.69, 9.17) is 4.74 Å². The van der Waals surface area contributed by atoms with Crippen LogP contribution in [0.1, 0.15) is 24.3 Å². The van der Waals surface area contributed by atoms with Crippen molar-refractivity contribution in [3.63, 3.8) is 0 Å². The van der Waals surface area contributed by atoms with Crippen LogP contribution in [0.15, 0.2) is 84.9 Å². The molecule has 4 N–H and O–H groups in total. The van der Waals surface area contributed by atoms with Crippen molar-refractivity contribution in [1.82, 2.24) is 10.5 Å². The zero-order valence-corrected chi connectivity index (χ0v) is 18.1. The van der Waals surface area contributed by atoms with Gasteiger partial charge in [-0.15, -0.1) is 5.53 Å². The Morgan fingerprint density at radius 2 is 1.68 bits per heavy atom. The summed E-state index contributed by atoms with van der Waals surface area (Å²) in [7, 11) is 0. The maximum atomic E-state index is 14.5. The predicted molar refractivity (Wildman–Crippen MR) is 134 cm³/mol. The van der Waals surface area contributed by atoms with Crippen LogP contribution in [0.25, 0.3) is 11.3 Å². The summed E-state index contributed by atoms with van der Waals surface area (Å²) in [5, 5.41) is 2.76. The quantitative estimate of drug-likeness (QED) is 0.288. The number of halogens is 1. The molecule has 5 rings (SSSR count). The molecule has 8 heteroatoms. The molecule has 1 aliphatic heterocycles. The number of carbonyl (C=O) groups excluding carboxylic acids is 1. The van der Waals surface area contributed by atoms with Crippen molar-refractivity contribution in [2.45, 2.75) is 13.2 Å². The van der Waals surface area contributed by atoms with E-state index >= 15 is 0 Å². The van der Waals surface area contributed by atoms with E-state index in [1.54, 1.807) is 24.3 Å². The van der Waals surface area contributed by atoms with Crippen molar-refractivity contribution in [1.29, 1.82) is 0 Å². The number of nitrogens with one attached hydrogen (secondary N) is 4. The Hall–Kier alpha value is -4.27. The summed E-state index contributed by atoms with van der Waals surface area (Å²) in [6.45, 7) is 0.977. The molecule has 0 saturated carbocycles. The Labute approximate surface area is 198 Å². The van der Waals surface area contributed by atoms with Crippen LogP contribution < -0.4 is 21.7 Å². The van der Waals surface area contributed by atoms with E-state index in [1.807, 2.05) is 48.5 Å². The minimum Gasteiger partial charge on any atom is -0.372 e. The van der Waals surface area contributed by atoms with E-state index in [1.165, 1.54) is 12.1 Å². The van der Waals surface area contributed by atoms with Crippen LogP contribution in [0.3, 0.4) is 0 Å². The lowest BCUT2D eigenvalue weighted by Gasteiger charge is -2.10. The molecule has 0 fully saturated rings. The van der Waals surface area contributed by atoms with Crippen LogP contribution >= 0.6 is 0 Å². The van der Waals surface area contributed by atoms with E-state index < -0.39 is 11.7 Å². The van der Waals surface area contributed by atoms with Gasteiger partial charge in [-0.25, -0.2) is 9.37 Å². The van der Waals surface area contributed by atoms with Crippen LogP contribution in [0, 0.1) is 5.82 Å². The van der Waals surface area contributed by atoms with Gasteiger partial charge >= 0.3 is 0 Å². The molecule has 4 aromatic rings. The Kier molecular flexibility index (Phi) is 6.15. The average Bonchev–Trinajstić information content (AvgIpc) is 3.34. The lowest BCUT2D eigenvalue weighted by atomic mass is 10.1. The number of anilines is 3. The number of aromatic nitrogens is 1. The van der Waals surface area contributed by atoms with E-state index in [0.29, 0.717) is 36.0 Å². The first-order chi connectivity index (χ1) is 16.7. The molecule has 1 amide bonds. The topological polar surface area (TPSA) is 87.3 Å².